The predicted molar refractivity (Wildman–Crippen MR) is 139 cm³/mol. The lowest BCUT2D eigenvalue weighted by molar-refractivity contribution is -0.118. The molecule has 184 valence electrons. The summed E-state index contributed by atoms with van der Waals surface area (Å²) < 4.78 is 17.9. The maximum Gasteiger partial charge on any atom is 0.250 e. The van der Waals surface area contributed by atoms with Crippen LogP contribution in [0.3, 0.4) is 0 Å². The molecule has 3 aromatic carbocycles. The Morgan fingerprint density at radius 2 is 1.58 bits per heavy atom. The maximum absolute atomic E-state index is 12.5. The summed E-state index contributed by atoms with van der Waals surface area (Å²) in [6, 6.07) is 23.1. The topological polar surface area (TPSA) is 99.9 Å². The first-order valence-corrected chi connectivity index (χ1v) is 11.9. The van der Waals surface area contributed by atoms with Crippen LogP contribution in [-0.2, 0) is 4.79 Å². The zero-order chi connectivity index (χ0) is 25.3. The molecule has 0 radical (unpaired) electrons. The van der Waals surface area contributed by atoms with Gasteiger partial charge in [0.2, 0.25) is 5.75 Å². The minimum absolute atomic E-state index is 0.104. The van der Waals surface area contributed by atoms with Crippen molar-refractivity contribution >= 4 is 23.9 Å². The van der Waals surface area contributed by atoms with E-state index in [0.29, 0.717) is 33.8 Å². The predicted octanol–water partition coefficient (Wildman–Crippen LogP) is 4.20. The van der Waals surface area contributed by atoms with E-state index in [1.165, 1.54) is 39.3 Å². The molecule has 0 spiro atoms. The van der Waals surface area contributed by atoms with Crippen LogP contribution in [0.25, 0.3) is 17.1 Å². The van der Waals surface area contributed by atoms with Crippen LogP contribution in [0.15, 0.2) is 83.1 Å². The fourth-order valence-electron chi connectivity index (χ4n) is 3.46. The Balaban J connectivity index is 1.46. The minimum atomic E-state index is -0.285. The van der Waals surface area contributed by atoms with E-state index in [0.717, 1.165) is 11.3 Å². The molecule has 0 saturated carbocycles. The van der Waals surface area contributed by atoms with E-state index >= 15 is 0 Å². The third kappa shape index (κ3) is 5.66. The number of nitrogens with zero attached hydrogens (tertiary/aromatic N) is 4. The van der Waals surface area contributed by atoms with Gasteiger partial charge in [0.25, 0.3) is 5.91 Å². The lowest BCUT2D eigenvalue weighted by Gasteiger charge is -2.12. The number of benzene rings is 3. The van der Waals surface area contributed by atoms with Crippen molar-refractivity contribution in [1.29, 1.82) is 0 Å². The van der Waals surface area contributed by atoms with Crippen molar-refractivity contribution in [3.05, 3.63) is 78.4 Å². The number of hydrazone groups is 1. The summed E-state index contributed by atoms with van der Waals surface area (Å²) in [5.41, 5.74) is 5.05. The maximum atomic E-state index is 12.5. The Kier molecular flexibility index (Phi) is 8.20. The third-order valence-electron chi connectivity index (χ3n) is 5.10. The van der Waals surface area contributed by atoms with Crippen molar-refractivity contribution in [2.45, 2.75) is 5.16 Å². The number of amides is 1. The second-order valence-electron chi connectivity index (χ2n) is 7.38. The molecule has 1 N–H and O–H groups in total. The summed E-state index contributed by atoms with van der Waals surface area (Å²) in [5, 5.41) is 13.4. The van der Waals surface area contributed by atoms with Gasteiger partial charge in [0, 0.05) is 16.8 Å². The normalized spacial score (nSPS) is 10.9. The number of hydrogen-bond donors (Lipinski definition) is 1. The highest BCUT2D eigenvalue weighted by atomic mass is 32.2. The van der Waals surface area contributed by atoms with Crippen molar-refractivity contribution in [3.8, 4) is 34.3 Å². The average molecular weight is 504 g/mol. The van der Waals surface area contributed by atoms with Gasteiger partial charge in [0.15, 0.2) is 22.5 Å². The van der Waals surface area contributed by atoms with E-state index in [4.69, 9.17) is 14.2 Å². The molecule has 0 aliphatic rings. The van der Waals surface area contributed by atoms with Gasteiger partial charge in [-0.2, -0.15) is 5.10 Å². The zero-order valence-corrected chi connectivity index (χ0v) is 20.9. The first-order chi connectivity index (χ1) is 17.6. The fraction of sp³-hybridized carbons (Fsp3) is 0.154. The van der Waals surface area contributed by atoms with Crippen molar-refractivity contribution < 1.29 is 19.0 Å². The lowest BCUT2D eigenvalue weighted by Crippen LogP contribution is -2.20. The summed E-state index contributed by atoms with van der Waals surface area (Å²) in [4.78, 5) is 12.5. The van der Waals surface area contributed by atoms with Gasteiger partial charge in [-0.15, -0.1) is 10.2 Å². The Hall–Kier alpha value is -4.31. The highest BCUT2D eigenvalue weighted by Gasteiger charge is 2.17. The SMILES string of the molecule is COc1cc(/C=N/NC(=O)CSc2nnc(-c3ccccc3)n2-c2ccccc2)cc(OC)c1OC. The summed E-state index contributed by atoms with van der Waals surface area (Å²) in [6.45, 7) is 0. The summed E-state index contributed by atoms with van der Waals surface area (Å²) in [6.07, 6.45) is 1.51. The first kappa shape index (κ1) is 24.8. The summed E-state index contributed by atoms with van der Waals surface area (Å²) in [5.74, 6) is 1.99. The molecule has 0 bridgehead atoms. The lowest BCUT2D eigenvalue weighted by atomic mass is 10.2. The van der Waals surface area contributed by atoms with Gasteiger partial charge in [-0.05, 0) is 24.3 Å². The number of methoxy groups -OCH3 is 3. The van der Waals surface area contributed by atoms with Gasteiger partial charge in [0.05, 0.1) is 33.3 Å². The van der Waals surface area contributed by atoms with Crippen LogP contribution in [0, 0.1) is 0 Å². The average Bonchev–Trinajstić information content (AvgIpc) is 3.36. The van der Waals surface area contributed by atoms with E-state index < -0.39 is 0 Å². The van der Waals surface area contributed by atoms with Crippen molar-refractivity contribution in [1.82, 2.24) is 20.2 Å². The number of carbonyl (C=O) groups is 1. The van der Waals surface area contributed by atoms with Gasteiger partial charge in [-0.3, -0.25) is 9.36 Å². The van der Waals surface area contributed by atoms with Gasteiger partial charge >= 0.3 is 0 Å². The Labute approximate surface area is 213 Å². The van der Waals surface area contributed by atoms with E-state index in [1.54, 1.807) is 12.1 Å². The van der Waals surface area contributed by atoms with Gasteiger partial charge in [-0.1, -0.05) is 60.3 Å². The van der Waals surface area contributed by atoms with E-state index in [2.05, 4.69) is 20.7 Å². The number of hydrogen-bond acceptors (Lipinski definition) is 8. The number of nitrogens with one attached hydrogen (secondary N) is 1. The quantitative estimate of drug-likeness (QED) is 0.197. The molecule has 0 unspecified atom stereocenters. The molecule has 36 heavy (non-hydrogen) atoms. The second kappa shape index (κ2) is 11.9. The van der Waals surface area contributed by atoms with E-state index in [1.807, 2.05) is 65.2 Å². The summed E-state index contributed by atoms with van der Waals surface area (Å²) >= 11 is 1.28. The second-order valence-corrected chi connectivity index (χ2v) is 8.33. The molecule has 1 amide bonds. The molecule has 0 aliphatic carbocycles. The highest BCUT2D eigenvalue weighted by Crippen LogP contribution is 2.37. The molecule has 1 heterocycles. The first-order valence-electron chi connectivity index (χ1n) is 11.0. The highest BCUT2D eigenvalue weighted by molar-refractivity contribution is 7.99. The van der Waals surface area contributed by atoms with Gasteiger partial charge < -0.3 is 14.2 Å². The van der Waals surface area contributed by atoms with Crippen LogP contribution in [0.4, 0.5) is 0 Å². The Morgan fingerprint density at radius 1 is 0.944 bits per heavy atom. The molecule has 0 aliphatic heterocycles. The molecule has 10 heteroatoms. The number of carbonyl (C=O) groups excluding carboxylic acids is 1. The third-order valence-corrected chi connectivity index (χ3v) is 6.03. The molecule has 4 rings (SSSR count). The standard InChI is InChI=1S/C26H25N5O4S/c1-33-21-14-18(15-22(34-2)24(21)35-3)16-27-28-23(32)17-36-26-30-29-25(19-10-6-4-7-11-19)31(26)20-12-8-5-9-13-20/h4-16H,17H2,1-3H3,(H,28,32)/b27-16+. The van der Waals surface area contributed by atoms with Crippen molar-refractivity contribution in [2.24, 2.45) is 5.10 Å². The number of thioether (sulfide) groups is 1. The number of rotatable bonds is 10. The molecule has 4 aromatic rings. The van der Waals surface area contributed by atoms with Crippen LogP contribution in [-0.4, -0.2) is 54.0 Å². The summed E-state index contributed by atoms with van der Waals surface area (Å²) in [7, 11) is 4.61. The van der Waals surface area contributed by atoms with Crippen LogP contribution in [0.5, 0.6) is 17.2 Å². The Morgan fingerprint density at radius 3 is 2.19 bits per heavy atom. The van der Waals surface area contributed by atoms with Crippen LogP contribution in [0.2, 0.25) is 0 Å². The number of aromatic nitrogens is 3. The number of ether oxygens (including phenoxy) is 3. The smallest absolute Gasteiger partial charge is 0.250 e. The van der Waals surface area contributed by atoms with Crippen LogP contribution in [0.1, 0.15) is 5.56 Å². The Bertz CT molecular complexity index is 1320. The molecular weight excluding hydrogens is 478 g/mol. The van der Waals surface area contributed by atoms with Gasteiger partial charge in [0.1, 0.15) is 0 Å². The van der Waals surface area contributed by atoms with Crippen molar-refractivity contribution in [3.63, 3.8) is 0 Å². The van der Waals surface area contributed by atoms with Crippen molar-refractivity contribution in [2.75, 3.05) is 27.1 Å². The molecular formula is C26H25N5O4S. The fourth-order valence-corrected chi connectivity index (χ4v) is 4.21. The molecule has 0 atom stereocenters. The monoisotopic (exact) mass is 503 g/mol. The molecule has 9 nitrogen and oxygen atoms in total. The minimum Gasteiger partial charge on any atom is -0.493 e. The molecule has 0 saturated heterocycles. The molecule has 0 fully saturated rings. The number of para-hydroxylation sites is 1. The zero-order valence-electron chi connectivity index (χ0n) is 20.0. The largest absolute Gasteiger partial charge is 0.493 e. The van der Waals surface area contributed by atoms with Crippen LogP contribution < -0.4 is 19.6 Å². The van der Waals surface area contributed by atoms with E-state index in [-0.39, 0.29) is 11.7 Å². The van der Waals surface area contributed by atoms with E-state index in [9.17, 15) is 4.79 Å². The van der Waals surface area contributed by atoms with Gasteiger partial charge in [-0.25, -0.2) is 5.43 Å². The molecule has 1 aromatic heterocycles. The van der Waals surface area contributed by atoms with Crippen LogP contribution >= 0.6 is 11.8 Å².